The maximum atomic E-state index is 12.8. The van der Waals surface area contributed by atoms with Crippen LogP contribution in [0.4, 0.5) is 9.52 Å². The monoisotopic (exact) mass is 314 g/mol. The molecule has 0 radical (unpaired) electrons. The molecule has 0 aliphatic heterocycles. The number of nitrogens with zero attached hydrogens (tertiary/aromatic N) is 1. The maximum Gasteiger partial charge on any atom is 0.234 e. The molecule has 0 aliphatic rings. The number of thiazole rings is 1. The molecule has 1 heterocycles. The van der Waals surface area contributed by atoms with Crippen LogP contribution in [0.3, 0.4) is 0 Å². The van der Waals surface area contributed by atoms with E-state index in [2.05, 4.69) is 9.71 Å². The third-order valence-electron chi connectivity index (χ3n) is 2.65. The smallest absolute Gasteiger partial charge is 0.234 e. The van der Waals surface area contributed by atoms with Gasteiger partial charge in [-0.25, -0.2) is 17.8 Å². The summed E-state index contributed by atoms with van der Waals surface area (Å²) in [6, 6.07) is 5.92. The Morgan fingerprint density at radius 1 is 1.30 bits per heavy atom. The molecule has 0 saturated heterocycles. The minimum atomic E-state index is -3.33. The molecular weight excluding hydrogens is 299 g/mol. The predicted molar refractivity (Wildman–Crippen MR) is 79.8 cm³/mol. The average Bonchev–Trinajstić information content (AvgIpc) is 2.85. The van der Waals surface area contributed by atoms with Crippen molar-refractivity contribution in [2.75, 3.05) is 10.5 Å². The van der Waals surface area contributed by atoms with Crippen LogP contribution in [0, 0.1) is 5.82 Å². The molecule has 0 spiro atoms. The largest absolute Gasteiger partial charge is 0.259 e. The summed E-state index contributed by atoms with van der Waals surface area (Å²) in [5.41, 5.74) is 1.38. The van der Waals surface area contributed by atoms with Crippen molar-refractivity contribution in [3.8, 4) is 11.3 Å². The SMILES string of the molecule is CCCCS(=O)(=O)Nc1nc(-c2ccc(F)cc2)cs1. The third kappa shape index (κ3) is 4.01. The summed E-state index contributed by atoms with van der Waals surface area (Å²) in [5.74, 6) is -0.223. The number of nitrogens with one attached hydrogen (secondary N) is 1. The van der Waals surface area contributed by atoms with E-state index in [-0.39, 0.29) is 11.6 Å². The van der Waals surface area contributed by atoms with Crippen molar-refractivity contribution in [3.63, 3.8) is 0 Å². The fourth-order valence-electron chi connectivity index (χ4n) is 1.59. The Labute approximate surface area is 121 Å². The molecule has 2 rings (SSSR count). The van der Waals surface area contributed by atoms with Crippen LogP contribution in [-0.2, 0) is 10.0 Å². The van der Waals surface area contributed by atoms with Gasteiger partial charge >= 0.3 is 0 Å². The van der Waals surface area contributed by atoms with Gasteiger partial charge < -0.3 is 0 Å². The summed E-state index contributed by atoms with van der Waals surface area (Å²) in [7, 11) is -3.33. The Kier molecular flexibility index (Phi) is 4.72. The molecule has 0 amide bonds. The van der Waals surface area contributed by atoms with Gasteiger partial charge in [-0.3, -0.25) is 4.72 Å². The Morgan fingerprint density at radius 2 is 2.00 bits per heavy atom. The molecule has 108 valence electrons. The Bertz CT molecular complexity index is 666. The summed E-state index contributed by atoms with van der Waals surface area (Å²) >= 11 is 1.21. The van der Waals surface area contributed by atoms with Crippen LogP contribution in [0.15, 0.2) is 29.6 Å². The second-order valence-corrected chi connectivity index (χ2v) is 7.02. The lowest BCUT2D eigenvalue weighted by Gasteiger charge is -2.03. The van der Waals surface area contributed by atoms with Crippen LogP contribution >= 0.6 is 11.3 Å². The van der Waals surface area contributed by atoms with Crippen molar-refractivity contribution in [2.24, 2.45) is 0 Å². The highest BCUT2D eigenvalue weighted by Gasteiger charge is 2.12. The predicted octanol–water partition coefficient (Wildman–Crippen LogP) is 3.49. The van der Waals surface area contributed by atoms with E-state index in [1.807, 2.05) is 6.92 Å². The molecule has 4 nitrogen and oxygen atoms in total. The van der Waals surface area contributed by atoms with E-state index in [0.717, 1.165) is 12.0 Å². The molecule has 7 heteroatoms. The van der Waals surface area contributed by atoms with Crippen LogP contribution in [0.2, 0.25) is 0 Å². The first-order valence-electron chi connectivity index (χ1n) is 6.22. The van der Waals surface area contributed by atoms with Crippen LogP contribution in [0.5, 0.6) is 0 Å². The van der Waals surface area contributed by atoms with Crippen molar-refractivity contribution in [1.29, 1.82) is 0 Å². The van der Waals surface area contributed by atoms with Crippen molar-refractivity contribution >= 4 is 26.5 Å². The second kappa shape index (κ2) is 6.32. The molecule has 2 aromatic rings. The minimum absolute atomic E-state index is 0.0922. The molecule has 0 fully saturated rings. The first-order chi connectivity index (χ1) is 9.50. The lowest BCUT2D eigenvalue weighted by molar-refractivity contribution is 0.598. The molecule has 1 aromatic carbocycles. The fraction of sp³-hybridized carbons (Fsp3) is 0.308. The number of benzene rings is 1. The lowest BCUT2D eigenvalue weighted by atomic mass is 10.2. The van der Waals surface area contributed by atoms with E-state index in [9.17, 15) is 12.8 Å². The number of hydrogen-bond acceptors (Lipinski definition) is 4. The summed E-state index contributed by atoms with van der Waals surface area (Å²) < 4.78 is 38.8. The van der Waals surface area contributed by atoms with Gasteiger partial charge in [0.05, 0.1) is 11.4 Å². The number of aromatic nitrogens is 1. The quantitative estimate of drug-likeness (QED) is 0.888. The number of rotatable bonds is 6. The molecule has 0 aliphatic carbocycles. The third-order valence-corrected chi connectivity index (χ3v) is 4.87. The Hall–Kier alpha value is -1.47. The van der Waals surface area contributed by atoms with Gasteiger partial charge in [-0.1, -0.05) is 13.3 Å². The van der Waals surface area contributed by atoms with E-state index in [4.69, 9.17) is 0 Å². The second-order valence-electron chi connectivity index (χ2n) is 4.32. The zero-order chi connectivity index (χ0) is 14.6. The van der Waals surface area contributed by atoms with E-state index >= 15 is 0 Å². The van der Waals surface area contributed by atoms with Gasteiger partial charge in [-0.05, 0) is 30.7 Å². The molecule has 20 heavy (non-hydrogen) atoms. The normalized spacial score (nSPS) is 11.5. The fourth-order valence-corrected chi connectivity index (χ4v) is 3.81. The Morgan fingerprint density at radius 3 is 2.65 bits per heavy atom. The first-order valence-corrected chi connectivity index (χ1v) is 8.75. The number of halogens is 1. The number of hydrogen-bond donors (Lipinski definition) is 1. The van der Waals surface area contributed by atoms with E-state index in [1.54, 1.807) is 17.5 Å². The van der Waals surface area contributed by atoms with E-state index in [1.165, 1.54) is 23.5 Å². The number of sulfonamides is 1. The van der Waals surface area contributed by atoms with Crippen molar-refractivity contribution in [1.82, 2.24) is 4.98 Å². The number of anilines is 1. The summed E-state index contributed by atoms with van der Waals surface area (Å²) in [4.78, 5) is 4.21. The topological polar surface area (TPSA) is 59.1 Å². The summed E-state index contributed by atoms with van der Waals surface area (Å²) in [6.45, 7) is 1.94. The Balaban J connectivity index is 2.11. The highest BCUT2D eigenvalue weighted by molar-refractivity contribution is 7.92. The molecule has 1 N–H and O–H groups in total. The highest BCUT2D eigenvalue weighted by Crippen LogP contribution is 2.25. The van der Waals surface area contributed by atoms with Gasteiger partial charge in [0.15, 0.2) is 5.13 Å². The van der Waals surface area contributed by atoms with Crippen LogP contribution in [0.1, 0.15) is 19.8 Å². The lowest BCUT2D eigenvalue weighted by Crippen LogP contribution is -2.16. The zero-order valence-corrected chi connectivity index (χ0v) is 12.6. The molecule has 1 aromatic heterocycles. The van der Waals surface area contributed by atoms with Crippen LogP contribution in [0.25, 0.3) is 11.3 Å². The summed E-state index contributed by atoms with van der Waals surface area (Å²) in [6.07, 6.45) is 1.44. The van der Waals surface area contributed by atoms with Crippen molar-refractivity contribution in [2.45, 2.75) is 19.8 Å². The first kappa shape index (κ1) is 14.9. The highest BCUT2D eigenvalue weighted by atomic mass is 32.2. The van der Waals surface area contributed by atoms with E-state index < -0.39 is 10.0 Å². The van der Waals surface area contributed by atoms with Crippen LogP contribution in [-0.4, -0.2) is 19.2 Å². The summed E-state index contributed by atoms with van der Waals surface area (Å²) in [5, 5.41) is 2.07. The molecule has 0 atom stereocenters. The zero-order valence-electron chi connectivity index (χ0n) is 11.0. The maximum absolute atomic E-state index is 12.8. The van der Waals surface area contributed by atoms with Crippen molar-refractivity contribution in [3.05, 3.63) is 35.5 Å². The van der Waals surface area contributed by atoms with Gasteiger partial charge in [0.2, 0.25) is 10.0 Å². The molecule has 0 bridgehead atoms. The molecule has 0 saturated carbocycles. The van der Waals surface area contributed by atoms with Gasteiger partial charge in [-0.2, -0.15) is 0 Å². The van der Waals surface area contributed by atoms with Gasteiger partial charge in [0.1, 0.15) is 5.82 Å². The van der Waals surface area contributed by atoms with Gasteiger partial charge in [0, 0.05) is 10.9 Å². The number of unbranched alkanes of at least 4 members (excludes halogenated alkanes) is 1. The average molecular weight is 314 g/mol. The van der Waals surface area contributed by atoms with Crippen LogP contribution < -0.4 is 4.72 Å². The standard InChI is InChI=1S/C13H15FN2O2S2/c1-2-3-8-20(17,18)16-13-15-12(9-19-13)10-4-6-11(14)7-5-10/h4-7,9H,2-3,8H2,1H3,(H,15,16). The molecule has 0 unspecified atom stereocenters. The molecular formula is C13H15FN2O2S2. The van der Waals surface area contributed by atoms with Gasteiger partial charge in [0.25, 0.3) is 0 Å². The van der Waals surface area contributed by atoms with Crippen molar-refractivity contribution < 1.29 is 12.8 Å². The van der Waals surface area contributed by atoms with E-state index in [0.29, 0.717) is 17.2 Å². The minimum Gasteiger partial charge on any atom is -0.259 e. The van der Waals surface area contributed by atoms with Gasteiger partial charge in [-0.15, -0.1) is 11.3 Å².